The van der Waals surface area contributed by atoms with Crippen molar-refractivity contribution < 1.29 is 5.11 Å². The molecule has 2 aromatic rings. The van der Waals surface area contributed by atoms with Crippen LogP contribution in [0.15, 0.2) is 30.5 Å². The average Bonchev–Trinajstić information content (AvgIpc) is 2.78. The van der Waals surface area contributed by atoms with E-state index >= 15 is 0 Å². The highest BCUT2D eigenvalue weighted by molar-refractivity contribution is 5.34. The largest absolute Gasteiger partial charge is 0.384 e. The summed E-state index contributed by atoms with van der Waals surface area (Å²) < 4.78 is 1.78. The first-order chi connectivity index (χ1) is 9.69. The number of hydrogen-bond donors (Lipinski definition) is 1. The molecule has 1 aromatic heterocycles. The van der Waals surface area contributed by atoms with Crippen molar-refractivity contribution in [2.45, 2.75) is 44.6 Å². The summed E-state index contributed by atoms with van der Waals surface area (Å²) in [4.78, 5) is 0. The minimum atomic E-state index is -0.575. The third-order valence-electron chi connectivity index (χ3n) is 4.40. The van der Waals surface area contributed by atoms with E-state index in [0.717, 1.165) is 29.2 Å². The Balaban J connectivity index is 1.83. The maximum absolute atomic E-state index is 10.6. The van der Waals surface area contributed by atoms with Crippen LogP contribution in [0.5, 0.6) is 0 Å². The van der Waals surface area contributed by atoms with E-state index in [1.165, 1.54) is 24.8 Å². The topological polar surface area (TPSA) is 38.0 Å². The third kappa shape index (κ3) is 2.38. The van der Waals surface area contributed by atoms with Crippen molar-refractivity contribution in [2.75, 3.05) is 0 Å². The molecule has 1 fully saturated rings. The second-order valence-corrected chi connectivity index (χ2v) is 5.76. The van der Waals surface area contributed by atoms with E-state index in [1.54, 1.807) is 4.68 Å². The molecular weight excluding hydrogens is 248 g/mol. The van der Waals surface area contributed by atoms with Crippen molar-refractivity contribution >= 4 is 0 Å². The molecule has 0 spiro atoms. The quantitative estimate of drug-likeness (QED) is 0.925. The van der Waals surface area contributed by atoms with Gasteiger partial charge in [0, 0.05) is 18.8 Å². The Morgan fingerprint density at radius 1 is 1.30 bits per heavy atom. The Labute approximate surface area is 120 Å². The second-order valence-electron chi connectivity index (χ2n) is 5.76. The predicted molar refractivity (Wildman–Crippen MR) is 79.7 cm³/mol. The molecule has 1 atom stereocenters. The van der Waals surface area contributed by atoms with E-state index in [1.807, 2.05) is 13.2 Å². The zero-order valence-electron chi connectivity index (χ0n) is 12.2. The van der Waals surface area contributed by atoms with Gasteiger partial charge in [-0.1, -0.05) is 37.6 Å². The van der Waals surface area contributed by atoms with Gasteiger partial charge in [-0.15, -0.1) is 0 Å². The maximum Gasteiger partial charge on any atom is 0.107 e. The van der Waals surface area contributed by atoms with Gasteiger partial charge in [0.25, 0.3) is 0 Å². The van der Waals surface area contributed by atoms with Crippen LogP contribution in [0.4, 0.5) is 0 Å². The summed E-state index contributed by atoms with van der Waals surface area (Å²) in [6.45, 7) is 2.07. The fourth-order valence-electron chi connectivity index (χ4n) is 2.93. The number of aromatic nitrogens is 2. The van der Waals surface area contributed by atoms with E-state index in [0.29, 0.717) is 0 Å². The molecule has 1 aliphatic carbocycles. The fourth-order valence-corrected chi connectivity index (χ4v) is 2.93. The minimum absolute atomic E-state index is 0.575. The molecule has 0 saturated heterocycles. The lowest BCUT2D eigenvalue weighted by molar-refractivity contribution is 0.219. The van der Waals surface area contributed by atoms with Crippen LogP contribution in [-0.2, 0) is 13.5 Å². The van der Waals surface area contributed by atoms with Crippen molar-refractivity contribution in [1.82, 2.24) is 9.78 Å². The van der Waals surface area contributed by atoms with Gasteiger partial charge >= 0.3 is 0 Å². The molecule has 1 saturated carbocycles. The van der Waals surface area contributed by atoms with Crippen molar-refractivity contribution in [3.05, 3.63) is 52.8 Å². The summed E-state index contributed by atoms with van der Waals surface area (Å²) in [7, 11) is 1.90. The highest BCUT2D eigenvalue weighted by Crippen LogP contribution is 2.37. The monoisotopic (exact) mass is 270 g/mol. The molecule has 106 valence electrons. The van der Waals surface area contributed by atoms with E-state index in [4.69, 9.17) is 0 Å². The highest BCUT2D eigenvalue weighted by atomic mass is 16.3. The Bertz CT molecular complexity index is 582. The van der Waals surface area contributed by atoms with Gasteiger partial charge in [-0.05, 0) is 36.3 Å². The molecule has 0 bridgehead atoms. The molecule has 0 amide bonds. The number of nitrogens with zero attached hydrogens (tertiary/aromatic N) is 2. The number of hydrogen-bond acceptors (Lipinski definition) is 2. The number of rotatable bonds is 4. The zero-order valence-corrected chi connectivity index (χ0v) is 12.2. The van der Waals surface area contributed by atoms with Crippen molar-refractivity contribution in [3.8, 4) is 0 Å². The van der Waals surface area contributed by atoms with Crippen LogP contribution in [0, 0.1) is 0 Å². The van der Waals surface area contributed by atoms with Crippen molar-refractivity contribution in [2.24, 2.45) is 7.05 Å². The van der Waals surface area contributed by atoms with Crippen LogP contribution < -0.4 is 0 Å². The molecule has 0 aliphatic heterocycles. The van der Waals surface area contributed by atoms with Crippen LogP contribution in [0.1, 0.15) is 60.6 Å². The molecule has 1 heterocycles. The first-order valence-electron chi connectivity index (χ1n) is 7.49. The SMILES string of the molecule is CCc1nn(C)cc1C(O)c1ccc(C2CCC2)cc1. The van der Waals surface area contributed by atoms with E-state index in [2.05, 4.69) is 36.3 Å². The standard InChI is InChI=1S/C17H22N2O/c1-3-16-15(11-19(2)18-16)17(20)14-9-7-13(8-10-14)12-5-4-6-12/h7-12,17,20H,3-6H2,1-2H3. The summed E-state index contributed by atoms with van der Waals surface area (Å²) in [5.74, 6) is 0.741. The average molecular weight is 270 g/mol. The van der Waals surface area contributed by atoms with Gasteiger partial charge in [0.1, 0.15) is 6.10 Å². The smallest absolute Gasteiger partial charge is 0.107 e. The van der Waals surface area contributed by atoms with Gasteiger partial charge in [0.15, 0.2) is 0 Å². The molecule has 0 radical (unpaired) electrons. The highest BCUT2D eigenvalue weighted by Gasteiger charge is 2.21. The van der Waals surface area contributed by atoms with Crippen LogP contribution >= 0.6 is 0 Å². The maximum atomic E-state index is 10.6. The second kappa shape index (κ2) is 5.41. The van der Waals surface area contributed by atoms with Gasteiger partial charge in [-0.25, -0.2) is 0 Å². The Hall–Kier alpha value is -1.61. The minimum Gasteiger partial charge on any atom is -0.384 e. The first kappa shape index (κ1) is 13.4. The summed E-state index contributed by atoms with van der Waals surface area (Å²) >= 11 is 0. The number of aryl methyl sites for hydroxylation is 2. The molecule has 20 heavy (non-hydrogen) atoms. The number of aliphatic hydroxyl groups excluding tert-OH is 1. The van der Waals surface area contributed by atoms with Gasteiger partial charge in [-0.3, -0.25) is 4.68 Å². The number of aliphatic hydroxyl groups is 1. The Morgan fingerprint density at radius 3 is 2.55 bits per heavy atom. The predicted octanol–water partition coefficient (Wildman–Crippen LogP) is 3.33. The van der Waals surface area contributed by atoms with Gasteiger partial charge < -0.3 is 5.11 Å². The summed E-state index contributed by atoms with van der Waals surface area (Å²) in [6.07, 6.45) is 6.16. The summed E-state index contributed by atoms with van der Waals surface area (Å²) in [6, 6.07) is 8.46. The van der Waals surface area contributed by atoms with Crippen molar-refractivity contribution in [1.29, 1.82) is 0 Å². The zero-order chi connectivity index (χ0) is 14.1. The summed E-state index contributed by atoms with van der Waals surface area (Å²) in [5.41, 5.74) is 4.26. The van der Waals surface area contributed by atoms with Crippen LogP contribution in [-0.4, -0.2) is 14.9 Å². The Morgan fingerprint density at radius 2 is 2.00 bits per heavy atom. The van der Waals surface area contributed by atoms with E-state index in [9.17, 15) is 5.11 Å². The van der Waals surface area contributed by atoms with Gasteiger partial charge in [-0.2, -0.15) is 5.10 Å². The molecule has 1 unspecified atom stereocenters. The number of benzene rings is 1. The molecular formula is C17H22N2O. The molecule has 1 N–H and O–H groups in total. The van der Waals surface area contributed by atoms with Gasteiger partial charge in [0.05, 0.1) is 5.69 Å². The lowest BCUT2D eigenvalue weighted by atomic mass is 9.80. The third-order valence-corrected chi connectivity index (χ3v) is 4.40. The lowest BCUT2D eigenvalue weighted by Crippen LogP contribution is -2.09. The van der Waals surface area contributed by atoms with Gasteiger partial charge in [0.2, 0.25) is 0 Å². The normalized spacial score (nSPS) is 16.9. The molecule has 1 aromatic carbocycles. The summed E-state index contributed by atoms with van der Waals surface area (Å²) in [5, 5.41) is 15.0. The molecule has 3 nitrogen and oxygen atoms in total. The molecule has 1 aliphatic rings. The Kier molecular flexibility index (Phi) is 3.62. The first-order valence-corrected chi connectivity index (χ1v) is 7.49. The van der Waals surface area contributed by atoms with Crippen LogP contribution in [0.25, 0.3) is 0 Å². The lowest BCUT2D eigenvalue weighted by Gasteiger charge is -2.26. The fraction of sp³-hybridized carbons (Fsp3) is 0.471. The van der Waals surface area contributed by atoms with Crippen LogP contribution in [0.2, 0.25) is 0 Å². The van der Waals surface area contributed by atoms with E-state index < -0.39 is 6.10 Å². The van der Waals surface area contributed by atoms with E-state index in [-0.39, 0.29) is 0 Å². The van der Waals surface area contributed by atoms with Crippen LogP contribution in [0.3, 0.4) is 0 Å². The molecule has 3 heteroatoms. The van der Waals surface area contributed by atoms with Crippen molar-refractivity contribution in [3.63, 3.8) is 0 Å². The molecule has 3 rings (SSSR count).